The van der Waals surface area contributed by atoms with Crippen molar-refractivity contribution in [1.82, 2.24) is 9.97 Å². The number of pyridine rings is 2. The van der Waals surface area contributed by atoms with Gasteiger partial charge in [0.25, 0.3) is 0 Å². The fraction of sp³-hybridized carbons (Fsp3) is 0.100. The molecule has 2 aromatic carbocycles. The number of halogens is 1. The number of hydrogen-bond donors (Lipinski definition) is 2. The van der Waals surface area contributed by atoms with Gasteiger partial charge in [0.1, 0.15) is 5.52 Å². The highest BCUT2D eigenvalue weighted by molar-refractivity contribution is 7.92. The van der Waals surface area contributed by atoms with Gasteiger partial charge in [0.2, 0.25) is 15.9 Å². The first-order chi connectivity index (χ1) is 13.8. The van der Waals surface area contributed by atoms with E-state index in [1.807, 2.05) is 18.2 Å². The van der Waals surface area contributed by atoms with Crippen LogP contribution in [0.15, 0.2) is 54.6 Å². The molecule has 0 spiro atoms. The lowest BCUT2D eigenvalue weighted by atomic mass is 10.1. The fourth-order valence-electron chi connectivity index (χ4n) is 3.03. The summed E-state index contributed by atoms with van der Waals surface area (Å²) < 4.78 is 30.8. The predicted octanol–water partition coefficient (Wildman–Crippen LogP) is 4.56. The number of benzene rings is 2. The van der Waals surface area contributed by atoms with Crippen molar-refractivity contribution in [2.24, 2.45) is 0 Å². The predicted molar refractivity (Wildman–Crippen MR) is 117 cm³/mol. The van der Waals surface area contributed by atoms with Crippen molar-refractivity contribution in [2.45, 2.75) is 0 Å². The molecule has 9 heteroatoms. The molecule has 0 bridgehead atoms. The summed E-state index contributed by atoms with van der Waals surface area (Å²) in [5.41, 5.74) is 3.87. The third-order valence-electron chi connectivity index (χ3n) is 4.20. The topological polar surface area (TPSA) is 93.2 Å². The Labute approximate surface area is 172 Å². The second-order valence-corrected chi connectivity index (χ2v) is 8.63. The van der Waals surface area contributed by atoms with Gasteiger partial charge in [-0.3, -0.25) is 4.72 Å². The van der Waals surface area contributed by atoms with Crippen molar-refractivity contribution in [1.29, 1.82) is 0 Å². The Balaban J connectivity index is 1.90. The van der Waals surface area contributed by atoms with E-state index in [0.29, 0.717) is 38.8 Å². The highest BCUT2D eigenvalue weighted by Crippen LogP contribution is 2.34. The Bertz CT molecular complexity index is 1340. The van der Waals surface area contributed by atoms with Crippen molar-refractivity contribution >= 4 is 60.6 Å². The average molecular weight is 429 g/mol. The van der Waals surface area contributed by atoms with Crippen LogP contribution in [0.25, 0.3) is 21.9 Å². The highest BCUT2D eigenvalue weighted by atomic mass is 35.5. The van der Waals surface area contributed by atoms with Crippen molar-refractivity contribution in [3.05, 3.63) is 59.6 Å². The molecule has 0 unspecified atom stereocenters. The lowest BCUT2D eigenvalue weighted by Gasteiger charge is -2.14. The summed E-state index contributed by atoms with van der Waals surface area (Å²) in [6, 6.07) is 16.0. The molecule has 7 nitrogen and oxygen atoms in total. The highest BCUT2D eigenvalue weighted by Gasteiger charge is 2.13. The molecule has 2 heterocycles. The summed E-state index contributed by atoms with van der Waals surface area (Å²) >= 11 is 6.15. The van der Waals surface area contributed by atoms with E-state index in [1.54, 1.807) is 43.5 Å². The second-order valence-electron chi connectivity index (χ2n) is 6.45. The van der Waals surface area contributed by atoms with Crippen molar-refractivity contribution in [3.63, 3.8) is 0 Å². The van der Waals surface area contributed by atoms with Gasteiger partial charge in [-0.1, -0.05) is 17.7 Å². The summed E-state index contributed by atoms with van der Waals surface area (Å²) in [5, 5.41) is 4.75. The van der Waals surface area contributed by atoms with Gasteiger partial charge in [-0.25, -0.2) is 18.4 Å². The second kappa shape index (κ2) is 7.38. The average Bonchev–Trinajstić information content (AvgIpc) is 2.66. The maximum absolute atomic E-state index is 11.5. The number of aromatic nitrogens is 2. The van der Waals surface area contributed by atoms with E-state index in [-0.39, 0.29) is 0 Å². The summed E-state index contributed by atoms with van der Waals surface area (Å²) in [4.78, 5) is 9.20. The Morgan fingerprint density at radius 2 is 1.76 bits per heavy atom. The molecule has 29 heavy (non-hydrogen) atoms. The van der Waals surface area contributed by atoms with E-state index < -0.39 is 10.0 Å². The van der Waals surface area contributed by atoms with Crippen LogP contribution >= 0.6 is 11.6 Å². The minimum Gasteiger partial charge on any atom is -0.481 e. The van der Waals surface area contributed by atoms with Gasteiger partial charge in [0, 0.05) is 22.2 Å². The maximum atomic E-state index is 11.5. The molecule has 2 aromatic heterocycles. The van der Waals surface area contributed by atoms with Crippen LogP contribution in [0.5, 0.6) is 5.88 Å². The van der Waals surface area contributed by atoms with Crippen LogP contribution in [-0.2, 0) is 10.0 Å². The van der Waals surface area contributed by atoms with Crippen LogP contribution in [0.2, 0.25) is 5.02 Å². The molecular weight excluding hydrogens is 412 g/mol. The van der Waals surface area contributed by atoms with E-state index in [2.05, 4.69) is 20.0 Å². The Morgan fingerprint density at radius 1 is 0.966 bits per heavy atom. The molecule has 148 valence electrons. The number of sulfonamides is 1. The zero-order valence-corrected chi connectivity index (χ0v) is 17.2. The van der Waals surface area contributed by atoms with Crippen LogP contribution in [0, 0.1) is 0 Å². The fourth-order valence-corrected chi connectivity index (χ4v) is 3.75. The van der Waals surface area contributed by atoms with Gasteiger partial charge in [0.05, 0.1) is 35.8 Å². The molecular formula is C20H17ClN4O3S. The molecule has 4 rings (SSSR count). The smallest absolute Gasteiger partial charge is 0.229 e. The van der Waals surface area contributed by atoms with Crippen LogP contribution in [0.1, 0.15) is 0 Å². The molecule has 0 atom stereocenters. The van der Waals surface area contributed by atoms with Crippen molar-refractivity contribution in [2.75, 3.05) is 23.4 Å². The van der Waals surface area contributed by atoms with Gasteiger partial charge in [0.15, 0.2) is 0 Å². The number of nitrogens with one attached hydrogen (secondary N) is 2. The third-order valence-corrected chi connectivity index (χ3v) is 5.04. The quantitative estimate of drug-likeness (QED) is 0.452. The molecule has 0 saturated carbocycles. The monoisotopic (exact) mass is 428 g/mol. The van der Waals surface area contributed by atoms with Crippen molar-refractivity contribution < 1.29 is 13.2 Å². The van der Waals surface area contributed by atoms with Gasteiger partial charge >= 0.3 is 0 Å². The largest absolute Gasteiger partial charge is 0.481 e. The number of fused-ring (bicyclic) bond motifs is 2. The van der Waals surface area contributed by atoms with Crippen LogP contribution in [0.3, 0.4) is 0 Å². The first kappa shape index (κ1) is 19.2. The third kappa shape index (κ3) is 4.18. The molecule has 0 aliphatic carbocycles. The van der Waals surface area contributed by atoms with E-state index in [9.17, 15) is 8.42 Å². The molecule has 0 aliphatic heterocycles. The lowest BCUT2D eigenvalue weighted by molar-refractivity contribution is 0.399. The minimum atomic E-state index is -3.38. The standard InChI is InChI=1S/C20H17ClN4O3S/c1-28-18-9-8-16-20(24-18)19(15-7-6-12(21)10-17(15)23-16)22-13-4-3-5-14(11-13)25-29(2,26)27/h3-11,25H,1-2H3,(H,22,23). The number of anilines is 3. The van der Waals surface area contributed by atoms with Crippen LogP contribution in [-0.4, -0.2) is 31.8 Å². The number of methoxy groups -OCH3 is 1. The zero-order chi connectivity index (χ0) is 20.6. The molecule has 0 aliphatic rings. The van der Waals surface area contributed by atoms with Gasteiger partial charge in [-0.15, -0.1) is 0 Å². The molecule has 0 radical (unpaired) electrons. The van der Waals surface area contributed by atoms with Gasteiger partial charge in [-0.05, 0) is 42.5 Å². The SMILES string of the molecule is COc1ccc2nc3cc(Cl)ccc3c(Nc3cccc(NS(C)(=O)=O)c3)c2n1. The first-order valence-corrected chi connectivity index (χ1v) is 10.9. The molecule has 0 amide bonds. The van der Waals surface area contributed by atoms with E-state index in [1.165, 1.54) is 0 Å². The summed E-state index contributed by atoms with van der Waals surface area (Å²) in [6.45, 7) is 0. The summed E-state index contributed by atoms with van der Waals surface area (Å²) in [6.07, 6.45) is 1.11. The number of hydrogen-bond acceptors (Lipinski definition) is 6. The first-order valence-electron chi connectivity index (χ1n) is 8.61. The van der Waals surface area contributed by atoms with Crippen LogP contribution in [0.4, 0.5) is 17.1 Å². The maximum Gasteiger partial charge on any atom is 0.229 e. The van der Waals surface area contributed by atoms with E-state index >= 15 is 0 Å². The number of rotatable bonds is 5. The normalized spacial score (nSPS) is 11.6. The Kier molecular flexibility index (Phi) is 4.89. The summed E-state index contributed by atoms with van der Waals surface area (Å²) in [5.74, 6) is 0.461. The molecule has 0 fully saturated rings. The molecule has 2 N–H and O–H groups in total. The Morgan fingerprint density at radius 3 is 2.52 bits per heavy atom. The number of ether oxygens (including phenoxy) is 1. The van der Waals surface area contributed by atoms with Crippen LogP contribution < -0.4 is 14.8 Å². The molecule has 4 aromatic rings. The summed E-state index contributed by atoms with van der Waals surface area (Å²) in [7, 11) is -1.83. The molecule has 0 saturated heterocycles. The zero-order valence-electron chi connectivity index (χ0n) is 15.6. The van der Waals surface area contributed by atoms with Crippen molar-refractivity contribution in [3.8, 4) is 5.88 Å². The minimum absolute atomic E-state index is 0.453. The number of nitrogens with zero attached hydrogens (tertiary/aromatic N) is 2. The van der Waals surface area contributed by atoms with E-state index in [0.717, 1.165) is 17.3 Å². The Hall–Kier alpha value is -3.10. The lowest BCUT2D eigenvalue weighted by Crippen LogP contribution is -2.09. The van der Waals surface area contributed by atoms with Gasteiger partial charge in [-0.2, -0.15) is 0 Å². The van der Waals surface area contributed by atoms with E-state index in [4.69, 9.17) is 16.3 Å². The van der Waals surface area contributed by atoms with Gasteiger partial charge < -0.3 is 10.1 Å².